The summed E-state index contributed by atoms with van der Waals surface area (Å²) in [7, 11) is 0. The maximum atomic E-state index is 13.4. The van der Waals surface area contributed by atoms with Gasteiger partial charge in [-0.3, -0.25) is 10.1 Å². The first-order chi connectivity index (χ1) is 13.5. The summed E-state index contributed by atoms with van der Waals surface area (Å²) >= 11 is 0. The highest BCUT2D eigenvalue weighted by atomic mass is 19.4. The Morgan fingerprint density at radius 2 is 1.97 bits per heavy atom. The van der Waals surface area contributed by atoms with Gasteiger partial charge in [0.15, 0.2) is 0 Å². The first-order valence-corrected chi connectivity index (χ1v) is 8.13. The number of aromatic nitrogens is 1. The van der Waals surface area contributed by atoms with Crippen molar-refractivity contribution in [3.8, 4) is 0 Å². The number of carboxylic acid groups (broad SMARTS) is 1. The third-order valence-corrected chi connectivity index (χ3v) is 3.98. The van der Waals surface area contributed by atoms with Crippen molar-refractivity contribution >= 4 is 11.7 Å². The quantitative estimate of drug-likeness (QED) is 0.290. The van der Waals surface area contributed by atoms with E-state index in [1.54, 1.807) is 0 Å². The van der Waals surface area contributed by atoms with Crippen LogP contribution in [0.15, 0.2) is 43.0 Å². The maximum Gasteiger partial charge on any atom is 0.418 e. The Bertz CT molecular complexity index is 930. The average molecular weight is 413 g/mol. The second kappa shape index (κ2) is 8.78. The lowest BCUT2D eigenvalue weighted by Gasteiger charge is -2.19. The molecule has 0 saturated heterocycles. The van der Waals surface area contributed by atoms with Crippen LogP contribution < -0.4 is 5.32 Å². The number of pyridine rings is 1. The SMILES string of the molecule is C=CCC(NCc1nc(C(=O)O)c([N+](=O)[O-])cc1C(F)(F)F)c1ccc(F)cc1. The Hall–Kier alpha value is -3.34. The zero-order valence-corrected chi connectivity index (χ0v) is 14.7. The molecule has 0 aliphatic rings. The van der Waals surface area contributed by atoms with Gasteiger partial charge in [-0.15, -0.1) is 6.58 Å². The van der Waals surface area contributed by atoms with Crippen molar-refractivity contribution in [3.05, 3.63) is 81.4 Å². The third kappa shape index (κ3) is 5.35. The van der Waals surface area contributed by atoms with E-state index >= 15 is 0 Å². The molecule has 0 radical (unpaired) electrons. The predicted octanol–water partition coefficient (Wildman–Crippen LogP) is 4.25. The Morgan fingerprint density at radius 1 is 1.34 bits per heavy atom. The molecule has 1 aromatic heterocycles. The first kappa shape index (κ1) is 22.0. The van der Waals surface area contributed by atoms with Gasteiger partial charge in [-0.1, -0.05) is 18.2 Å². The standard InChI is InChI=1S/C18H15F4N3O4/c1-2-3-13(10-4-6-11(19)7-5-10)23-9-14-12(18(20,21)22)8-15(25(28)29)16(24-14)17(26)27/h2,4-8,13,23H,1,3,9H2,(H,26,27). The highest BCUT2D eigenvalue weighted by Gasteiger charge is 2.38. The van der Waals surface area contributed by atoms with Gasteiger partial charge in [-0.2, -0.15) is 13.2 Å². The summed E-state index contributed by atoms with van der Waals surface area (Å²) in [6.07, 6.45) is -3.22. The smallest absolute Gasteiger partial charge is 0.418 e. The largest absolute Gasteiger partial charge is 0.476 e. The molecule has 0 amide bonds. The number of nitrogens with zero attached hydrogens (tertiary/aromatic N) is 2. The lowest BCUT2D eigenvalue weighted by Crippen LogP contribution is -2.25. The molecule has 2 rings (SSSR count). The number of nitro groups is 1. The minimum Gasteiger partial charge on any atom is -0.476 e. The van der Waals surface area contributed by atoms with Crippen LogP contribution in [-0.4, -0.2) is 21.0 Å². The van der Waals surface area contributed by atoms with Crippen molar-refractivity contribution in [3.63, 3.8) is 0 Å². The fraction of sp³-hybridized carbons (Fsp3) is 0.222. The molecule has 1 aromatic carbocycles. The van der Waals surface area contributed by atoms with E-state index in [0.717, 1.165) is 0 Å². The van der Waals surface area contributed by atoms with Gasteiger partial charge >= 0.3 is 17.8 Å². The van der Waals surface area contributed by atoms with E-state index in [4.69, 9.17) is 5.11 Å². The molecule has 0 fully saturated rings. The number of alkyl halides is 3. The summed E-state index contributed by atoms with van der Waals surface area (Å²) in [5, 5.41) is 22.8. The van der Waals surface area contributed by atoms with Crippen LogP contribution in [-0.2, 0) is 12.7 Å². The summed E-state index contributed by atoms with van der Waals surface area (Å²) in [5.74, 6) is -2.32. The van der Waals surface area contributed by atoms with Crippen LogP contribution in [0.5, 0.6) is 0 Å². The van der Waals surface area contributed by atoms with Crippen molar-refractivity contribution < 1.29 is 32.4 Å². The second-order valence-corrected chi connectivity index (χ2v) is 5.92. The van der Waals surface area contributed by atoms with Crippen molar-refractivity contribution in [2.24, 2.45) is 0 Å². The summed E-state index contributed by atoms with van der Waals surface area (Å²) in [5.41, 5.74) is -3.92. The molecule has 0 saturated carbocycles. The van der Waals surface area contributed by atoms with Crippen molar-refractivity contribution in [1.82, 2.24) is 10.3 Å². The fourth-order valence-electron chi connectivity index (χ4n) is 2.64. The summed E-state index contributed by atoms with van der Waals surface area (Å²) < 4.78 is 53.2. The van der Waals surface area contributed by atoms with Gasteiger partial charge in [-0.25, -0.2) is 14.2 Å². The number of benzene rings is 1. The van der Waals surface area contributed by atoms with Crippen molar-refractivity contribution in [2.45, 2.75) is 25.2 Å². The number of carboxylic acids is 1. The summed E-state index contributed by atoms with van der Waals surface area (Å²) in [6, 6.07) is 4.83. The maximum absolute atomic E-state index is 13.4. The number of halogens is 4. The lowest BCUT2D eigenvalue weighted by molar-refractivity contribution is -0.385. The molecule has 1 unspecified atom stereocenters. The van der Waals surface area contributed by atoms with Gasteiger partial charge in [0.05, 0.1) is 16.2 Å². The van der Waals surface area contributed by atoms with Crippen LogP contribution >= 0.6 is 0 Å². The first-order valence-electron chi connectivity index (χ1n) is 8.13. The molecule has 154 valence electrons. The van der Waals surface area contributed by atoms with Crippen LogP contribution in [0.3, 0.4) is 0 Å². The monoisotopic (exact) mass is 413 g/mol. The molecule has 0 spiro atoms. The van der Waals surface area contributed by atoms with E-state index in [-0.39, 0.29) is 12.5 Å². The second-order valence-electron chi connectivity index (χ2n) is 5.92. The topological polar surface area (TPSA) is 105 Å². The molecule has 1 heterocycles. The number of hydrogen-bond donors (Lipinski definition) is 2. The minimum absolute atomic E-state index is 0.161. The molecule has 2 N–H and O–H groups in total. The molecule has 11 heteroatoms. The molecular weight excluding hydrogens is 398 g/mol. The highest BCUT2D eigenvalue weighted by molar-refractivity contribution is 5.90. The van der Waals surface area contributed by atoms with Gasteiger partial charge < -0.3 is 10.4 Å². The Morgan fingerprint density at radius 3 is 2.45 bits per heavy atom. The Kier molecular flexibility index (Phi) is 6.64. The summed E-state index contributed by atoms with van der Waals surface area (Å²) in [4.78, 5) is 24.3. The number of rotatable bonds is 8. The summed E-state index contributed by atoms with van der Waals surface area (Å²) in [6.45, 7) is 3.02. The molecule has 0 aliphatic heterocycles. The van der Waals surface area contributed by atoms with Crippen LogP contribution in [0.25, 0.3) is 0 Å². The number of aromatic carboxylic acids is 1. The average Bonchev–Trinajstić information content (AvgIpc) is 2.64. The van der Waals surface area contributed by atoms with E-state index in [0.29, 0.717) is 5.56 Å². The van der Waals surface area contributed by atoms with Gasteiger partial charge in [0.2, 0.25) is 5.69 Å². The van der Waals surface area contributed by atoms with Crippen molar-refractivity contribution in [2.75, 3.05) is 0 Å². The lowest BCUT2D eigenvalue weighted by atomic mass is 10.0. The molecule has 29 heavy (non-hydrogen) atoms. The van der Waals surface area contributed by atoms with Crippen molar-refractivity contribution in [1.29, 1.82) is 0 Å². The minimum atomic E-state index is -4.99. The predicted molar refractivity (Wildman–Crippen MR) is 93.6 cm³/mol. The normalized spacial score (nSPS) is 12.4. The Balaban J connectivity index is 2.44. The number of nitrogens with one attached hydrogen (secondary N) is 1. The van der Waals surface area contributed by atoms with Crippen LogP contribution in [0.1, 0.15) is 39.8 Å². The molecular formula is C18H15F4N3O4. The van der Waals surface area contributed by atoms with E-state index in [2.05, 4.69) is 16.9 Å². The highest BCUT2D eigenvalue weighted by Crippen LogP contribution is 2.35. The van der Waals surface area contributed by atoms with Gasteiger partial charge in [0.1, 0.15) is 5.82 Å². The number of hydrogen-bond acceptors (Lipinski definition) is 5. The third-order valence-electron chi connectivity index (χ3n) is 3.98. The van der Waals surface area contributed by atoms with Gasteiger partial charge in [0, 0.05) is 18.7 Å². The zero-order valence-electron chi connectivity index (χ0n) is 14.7. The zero-order chi connectivity index (χ0) is 21.8. The molecule has 1 atom stereocenters. The molecule has 7 nitrogen and oxygen atoms in total. The Labute approximate surface area is 161 Å². The molecule has 0 bridgehead atoms. The van der Waals surface area contributed by atoms with Crippen LogP contribution in [0, 0.1) is 15.9 Å². The fourth-order valence-corrected chi connectivity index (χ4v) is 2.64. The van der Waals surface area contributed by atoms with Gasteiger partial charge in [0.25, 0.3) is 0 Å². The molecule has 2 aromatic rings. The van der Waals surface area contributed by atoms with E-state index in [1.807, 2.05) is 0 Å². The van der Waals surface area contributed by atoms with Crippen LogP contribution in [0.4, 0.5) is 23.2 Å². The van der Waals surface area contributed by atoms with Gasteiger partial charge in [-0.05, 0) is 24.1 Å². The molecule has 0 aliphatic carbocycles. The van der Waals surface area contributed by atoms with Crippen LogP contribution in [0.2, 0.25) is 0 Å². The van der Waals surface area contributed by atoms with E-state index in [9.17, 15) is 32.5 Å². The van der Waals surface area contributed by atoms with E-state index < -0.39 is 58.1 Å². The van der Waals surface area contributed by atoms with E-state index in [1.165, 1.54) is 30.3 Å². The number of carbonyl (C=O) groups is 1.